The Morgan fingerprint density at radius 3 is 2.60 bits per heavy atom. The number of nitrogens with one attached hydrogen (secondary N) is 1. The van der Waals surface area contributed by atoms with Crippen molar-refractivity contribution in [1.82, 2.24) is 20.0 Å². The maximum atomic E-state index is 12.8. The standard InChI is InChI=1S/C18H16N4O3/c23-16-7-6-13(8-19-16)18(24)22-9-14(12-4-2-1-3-5-12)15(10-22)17-20-11-25-21-17/h1-8,11,14-15H,9-10H2,(H,19,23)/t14-,15-/m0/s1. The van der Waals surface area contributed by atoms with Gasteiger partial charge in [-0.25, -0.2) is 0 Å². The van der Waals surface area contributed by atoms with Crippen LogP contribution in [0.25, 0.3) is 0 Å². The van der Waals surface area contributed by atoms with Crippen LogP contribution in [-0.2, 0) is 0 Å². The molecule has 7 heteroatoms. The lowest BCUT2D eigenvalue weighted by atomic mass is 9.88. The number of H-pyrrole nitrogens is 1. The molecule has 1 aromatic carbocycles. The van der Waals surface area contributed by atoms with Crippen molar-refractivity contribution in [3.63, 3.8) is 0 Å². The number of carbonyl (C=O) groups excluding carboxylic acids is 1. The molecule has 126 valence electrons. The number of hydrogen-bond acceptors (Lipinski definition) is 5. The molecule has 1 amide bonds. The predicted octanol–water partition coefficient (Wildman–Crippen LogP) is 1.78. The minimum absolute atomic E-state index is 0.0344. The fourth-order valence-corrected chi connectivity index (χ4v) is 3.34. The number of aromatic nitrogens is 3. The van der Waals surface area contributed by atoms with Gasteiger partial charge in [0.05, 0.1) is 5.56 Å². The highest BCUT2D eigenvalue weighted by atomic mass is 16.5. The maximum absolute atomic E-state index is 12.8. The largest absolute Gasteiger partial charge is 0.343 e. The fraction of sp³-hybridized carbons (Fsp3) is 0.222. The van der Waals surface area contributed by atoms with Crippen LogP contribution in [0.15, 0.2) is 64.4 Å². The molecule has 4 rings (SSSR count). The summed E-state index contributed by atoms with van der Waals surface area (Å²) < 4.78 is 4.90. The Morgan fingerprint density at radius 2 is 1.92 bits per heavy atom. The van der Waals surface area contributed by atoms with Crippen LogP contribution >= 0.6 is 0 Å². The van der Waals surface area contributed by atoms with E-state index in [1.54, 1.807) is 11.0 Å². The number of amides is 1. The maximum Gasteiger partial charge on any atom is 0.255 e. The summed E-state index contributed by atoms with van der Waals surface area (Å²) >= 11 is 0. The van der Waals surface area contributed by atoms with Gasteiger partial charge in [-0.1, -0.05) is 35.5 Å². The molecule has 0 spiro atoms. The second-order valence-corrected chi connectivity index (χ2v) is 6.06. The molecule has 0 radical (unpaired) electrons. The molecule has 1 aliphatic rings. The van der Waals surface area contributed by atoms with Crippen LogP contribution < -0.4 is 5.56 Å². The minimum Gasteiger partial charge on any atom is -0.343 e. The summed E-state index contributed by atoms with van der Waals surface area (Å²) in [7, 11) is 0. The Bertz CT molecular complexity index is 901. The summed E-state index contributed by atoms with van der Waals surface area (Å²) in [6, 6.07) is 12.9. The van der Waals surface area contributed by atoms with Crippen LogP contribution in [0.2, 0.25) is 0 Å². The van der Waals surface area contributed by atoms with Crippen molar-refractivity contribution in [3.8, 4) is 0 Å². The van der Waals surface area contributed by atoms with E-state index in [0.717, 1.165) is 5.56 Å². The highest BCUT2D eigenvalue weighted by Gasteiger charge is 2.39. The average Bonchev–Trinajstić information content (AvgIpc) is 3.32. The average molecular weight is 336 g/mol. The Labute approximate surface area is 143 Å². The summed E-state index contributed by atoms with van der Waals surface area (Å²) in [6.45, 7) is 1.05. The zero-order chi connectivity index (χ0) is 17.2. The van der Waals surface area contributed by atoms with Crippen molar-refractivity contribution >= 4 is 5.91 Å². The zero-order valence-corrected chi connectivity index (χ0v) is 13.3. The molecule has 0 saturated carbocycles. The van der Waals surface area contributed by atoms with Gasteiger partial charge >= 0.3 is 0 Å². The molecule has 0 unspecified atom stereocenters. The van der Waals surface area contributed by atoms with Crippen LogP contribution in [0.1, 0.15) is 33.6 Å². The monoisotopic (exact) mass is 336 g/mol. The summed E-state index contributed by atoms with van der Waals surface area (Å²) in [6.07, 6.45) is 2.76. The Kier molecular flexibility index (Phi) is 3.89. The number of aromatic amines is 1. The number of rotatable bonds is 3. The SMILES string of the molecule is O=C(c1ccc(=O)[nH]c1)N1C[C@H](c2ncon2)[C@H](c2ccccc2)C1. The first-order chi connectivity index (χ1) is 12.2. The second kappa shape index (κ2) is 6.35. The Hall–Kier alpha value is -3.22. The molecule has 3 aromatic rings. The summed E-state index contributed by atoms with van der Waals surface area (Å²) in [5, 5.41) is 3.98. The van der Waals surface area contributed by atoms with Gasteiger partial charge in [-0.3, -0.25) is 9.59 Å². The quantitative estimate of drug-likeness (QED) is 0.787. The van der Waals surface area contributed by atoms with Gasteiger partial charge in [0.15, 0.2) is 5.82 Å². The molecule has 1 saturated heterocycles. The van der Waals surface area contributed by atoms with Gasteiger partial charge in [-0.15, -0.1) is 0 Å². The number of carbonyl (C=O) groups is 1. The first kappa shape index (κ1) is 15.3. The summed E-state index contributed by atoms with van der Waals surface area (Å²) in [4.78, 5) is 32.5. The molecule has 0 aliphatic carbocycles. The van der Waals surface area contributed by atoms with E-state index in [0.29, 0.717) is 24.5 Å². The molecule has 25 heavy (non-hydrogen) atoms. The van der Waals surface area contributed by atoms with Crippen LogP contribution in [-0.4, -0.2) is 39.0 Å². The van der Waals surface area contributed by atoms with Crippen molar-refractivity contribution < 1.29 is 9.32 Å². The molecular weight excluding hydrogens is 320 g/mol. The third-order valence-corrected chi connectivity index (χ3v) is 4.58. The first-order valence-electron chi connectivity index (χ1n) is 8.01. The van der Waals surface area contributed by atoms with Crippen molar-refractivity contribution in [2.24, 2.45) is 0 Å². The molecule has 2 atom stereocenters. The van der Waals surface area contributed by atoms with Gasteiger partial charge in [-0.05, 0) is 11.6 Å². The number of likely N-dealkylation sites (tertiary alicyclic amines) is 1. The smallest absolute Gasteiger partial charge is 0.255 e. The van der Waals surface area contributed by atoms with E-state index in [9.17, 15) is 9.59 Å². The second-order valence-electron chi connectivity index (χ2n) is 6.06. The van der Waals surface area contributed by atoms with Crippen molar-refractivity contribution in [2.75, 3.05) is 13.1 Å². The molecule has 0 bridgehead atoms. The number of nitrogens with zero attached hydrogens (tertiary/aromatic N) is 3. The molecule has 1 aliphatic heterocycles. The van der Waals surface area contributed by atoms with Crippen molar-refractivity contribution in [3.05, 3.63) is 82.4 Å². The normalized spacial score (nSPS) is 19.9. The van der Waals surface area contributed by atoms with Gasteiger partial charge in [-0.2, -0.15) is 4.98 Å². The van der Waals surface area contributed by atoms with E-state index in [1.165, 1.54) is 18.7 Å². The molecule has 2 aromatic heterocycles. The highest BCUT2D eigenvalue weighted by Crippen LogP contribution is 2.38. The Balaban J connectivity index is 1.64. The van der Waals surface area contributed by atoms with Gasteiger partial charge in [0, 0.05) is 37.2 Å². The van der Waals surface area contributed by atoms with Crippen LogP contribution in [0.4, 0.5) is 0 Å². The highest BCUT2D eigenvalue weighted by molar-refractivity contribution is 5.94. The number of benzene rings is 1. The van der Waals surface area contributed by atoms with Crippen molar-refractivity contribution in [1.29, 1.82) is 0 Å². The molecule has 7 nitrogen and oxygen atoms in total. The third kappa shape index (κ3) is 2.96. The number of hydrogen-bond donors (Lipinski definition) is 1. The van der Waals surface area contributed by atoms with E-state index in [2.05, 4.69) is 15.1 Å². The first-order valence-corrected chi connectivity index (χ1v) is 8.01. The van der Waals surface area contributed by atoms with E-state index in [4.69, 9.17) is 4.52 Å². The Morgan fingerprint density at radius 1 is 1.12 bits per heavy atom. The van der Waals surface area contributed by atoms with Crippen molar-refractivity contribution in [2.45, 2.75) is 11.8 Å². The number of pyridine rings is 1. The topological polar surface area (TPSA) is 92.1 Å². The van der Waals surface area contributed by atoms with E-state index in [-0.39, 0.29) is 23.3 Å². The van der Waals surface area contributed by atoms with Crippen LogP contribution in [0.3, 0.4) is 0 Å². The lowest BCUT2D eigenvalue weighted by Crippen LogP contribution is -2.29. The van der Waals surface area contributed by atoms with Gasteiger partial charge in [0.25, 0.3) is 5.91 Å². The third-order valence-electron chi connectivity index (χ3n) is 4.58. The van der Waals surface area contributed by atoms with Gasteiger partial charge in [0.2, 0.25) is 12.0 Å². The molecule has 1 fully saturated rings. The van der Waals surface area contributed by atoms with E-state index in [1.807, 2.05) is 30.3 Å². The lowest BCUT2D eigenvalue weighted by Gasteiger charge is -2.16. The molecular formula is C18H16N4O3. The van der Waals surface area contributed by atoms with Gasteiger partial charge in [0.1, 0.15) is 0 Å². The molecule has 1 N–H and O–H groups in total. The van der Waals surface area contributed by atoms with E-state index >= 15 is 0 Å². The van der Waals surface area contributed by atoms with Gasteiger partial charge < -0.3 is 14.4 Å². The van der Waals surface area contributed by atoms with E-state index < -0.39 is 0 Å². The van der Waals surface area contributed by atoms with Crippen LogP contribution in [0.5, 0.6) is 0 Å². The molecule has 3 heterocycles. The summed E-state index contributed by atoms with van der Waals surface area (Å²) in [5.41, 5.74) is 1.36. The zero-order valence-electron chi connectivity index (χ0n) is 13.3. The minimum atomic E-state index is -0.232. The fourth-order valence-electron chi connectivity index (χ4n) is 3.34. The van der Waals surface area contributed by atoms with Crippen LogP contribution in [0, 0.1) is 0 Å². The predicted molar refractivity (Wildman–Crippen MR) is 89.2 cm³/mol. The lowest BCUT2D eigenvalue weighted by molar-refractivity contribution is 0.0788. The summed E-state index contributed by atoms with van der Waals surface area (Å²) in [5.74, 6) is 0.534.